The van der Waals surface area contributed by atoms with Crippen molar-refractivity contribution in [3.05, 3.63) is 0 Å². The van der Waals surface area contributed by atoms with Gasteiger partial charge in [-0.25, -0.2) is 0 Å². The molecule has 6 heavy (non-hydrogen) atoms. The van der Waals surface area contributed by atoms with E-state index in [1.165, 1.54) is 0 Å². The molecule has 0 unspecified atom stereocenters. The highest BCUT2D eigenvalue weighted by molar-refractivity contribution is 4.91. The highest BCUT2D eigenvalue weighted by Gasteiger charge is 1.64. The fourth-order valence-corrected chi connectivity index (χ4v) is 0.181. The lowest BCUT2D eigenvalue weighted by atomic mass is 10.4. The van der Waals surface area contributed by atoms with Gasteiger partial charge in [-0.3, -0.25) is 0 Å². The second-order valence-corrected chi connectivity index (χ2v) is 1.04. The van der Waals surface area contributed by atoms with Crippen LogP contribution in [-0.2, 0) is 0 Å². The molecule has 0 aromatic heterocycles. The summed E-state index contributed by atoms with van der Waals surface area (Å²) in [5, 5.41) is 0. The average Bonchev–Trinajstić information content (AvgIpc) is 1.61. The highest BCUT2D eigenvalue weighted by atomic mass is 14.4. The van der Waals surface area contributed by atoms with Crippen molar-refractivity contribution in [3.8, 4) is 12.0 Å². The van der Waals surface area contributed by atoms with Crippen molar-refractivity contribution >= 4 is 0 Å². The largest absolute Gasteiger partial charge is 0.0878 e. The number of unbranched alkanes of at least 4 members (excludes halogenated alkanes) is 1. The zero-order chi connectivity index (χ0) is 4.83. The summed E-state index contributed by atoms with van der Waals surface area (Å²) in [6.07, 6.45) is 1.82. The molecule has 0 aliphatic rings. The zero-order valence-corrected chi connectivity index (χ0v) is 3.86. The Bertz CT molecular complexity index is 65.7. The number of rotatable bonds is 1. The van der Waals surface area contributed by atoms with Crippen molar-refractivity contribution in [1.29, 1.82) is 0 Å². The normalized spacial score (nSPS) is 6.17. The summed E-state index contributed by atoms with van der Waals surface area (Å²) in [5.74, 6) is 2.50. The molecule has 0 aliphatic heterocycles. The lowest BCUT2D eigenvalue weighted by Crippen LogP contribution is -1.60. The Morgan fingerprint density at radius 1 is 1.67 bits per heavy atom. The number of hydrogen-bond acceptors (Lipinski definition) is 0. The van der Waals surface area contributed by atoms with E-state index in [2.05, 4.69) is 5.92 Å². The Balaban J connectivity index is 2.79. The topological polar surface area (TPSA) is 22.3 Å². The minimum Gasteiger partial charge on any atom is -0.0878 e. The van der Waals surface area contributed by atoms with E-state index in [0.717, 1.165) is 12.8 Å². The van der Waals surface area contributed by atoms with Crippen LogP contribution in [0.2, 0.25) is 0 Å². The maximum atomic E-state index is 7.84. The molecule has 1 nitrogen and oxygen atoms in total. The quantitative estimate of drug-likeness (QED) is 0.417. The van der Waals surface area contributed by atoms with Crippen LogP contribution in [0.5, 0.6) is 0 Å². The number of hydrogen-bond donors (Lipinski definition) is 0. The first-order chi connectivity index (χ1) is 2.91. The van der Waals surface area contributed by atoms with Crippen LogP contribution in [0, 0.1) is 12.0 Å². The Labute approximate surface area is 38.5 Å². The van der Waals surface area contributed by atoms with Gasteiger partial charge in [0.15, 0.2) is 0 Å². The summed E-state index contributed by atoms with van der Waals surface area (Å²) in [4.78, 5) is 0. The van der Waals surface area contributed by atoms with Crippen molar-refractivity contribution in [2.24, 2.45) is 0 Å². The van der Waals surface area contributed by atoms with Crippen LogP contribution in [0.3, 0.4) is 0 Å². The van der Waals surface area contributed by atoms with Gasteiger partial charge in [0.05, 0.1) is 6.04 Å². The van der Waals surface area contributed by atoms with Gasteiger partial charge < -0.3 is 0 Å². The first-order valence-corrected chi connectivity index (χ1v) is 2.03. The summed E-state index contributed by atoms with van der Waals surface area (Å²) < 4.78 is 0. The van der Waals surface area contributed by atoms with Gasteiger partial charge in [-0.15, -0.1) is 0 Å². The first kappa shape index (κ1) is 5.36. The van der Waals surface area contributed by atoms with E-state index in [4.69, 9.17) is 5.73 Å². The van der Waals surface area contributed by atoms with Crippen LogP contribution in [0.4, 0.5) is 0 Å². The standard InChI is InChI=1S/C5H7N/c1-2-3-4-5-6/h2-3H2,1H3. The molecule has 0 bridgehead atoms. The van der Waals surface area contributed by atoms with Gasteiger partial charge in [-0.05, 0) is 6.42 Å². The molecule has 32 valence electrons. The van der Waals surface area contributed by atoms with Gasteiger partial charge in [-0.1, -0.05) is 18.6 Å². The zero-order valence-electron chi connectivity index (χ0n) is 3.86. The van der Waals surface area contributed by atoms with Crippen LogP contribution >= 0.6 is 0 Å². The molecule has 0 saturated carbocycles. The van der Waals surface area contributed by atoms with Crippen molar-refractivity contribution < 1.29 is 0 Å². The summed E-state index contributed by atoms with van der Waals surface area (Å²) >= 11 is 0. The second kappa shape index (κ2) is 4.36. The molecule has 0 atom stereocenters. The first-order valence-electron chi connectivity index (χ1n) is 2.03. The van der Waals surface area contributed by atoms with E-state index < -0.39 is 0 Å². The van der Waals surface area contributed by atoms with E-state index in [1.807, 2.05) is 13.0 Å². The molecule has 1 heteroatoms. The molecule has 0 N–H and O–H groups in total. The average molecular weight is 81.1 g/mol. The van der Waals surface area contributed by atoms with Gasteiger partial charge in [0.1, 0.15) is 0 Å². The molecule has 0 saturated heterocycles. The van der Waals surface area contributed by atoms with Crippen LogP contribution in [-0.4, -0.2) is 0 Å². The third kappa shape index (κ3) is 3.36. The van der Waals surface area contributed by atoms with Crippen LogP contribution < -0.4 is 5.73 Å². The summed E-state index contributed by atoms with van der Waals surface area (Å²) in [6.45, 7) is 2.02. The summed E-state index contributed by atoms with van der Waals surface area (Å²) in [5.41, 5.74) is 7.84. The fourth-order valence-electron chi connectivity index (χ4n) is 0.181. The van der Waals surface area contributed by atoms with Crippen molar-refractivity contribution in [1.82, 2.24) is 5.73 Å². The van der Waals surface area contributed by atoms with E-state index >= 15 is 0 Å². The lowest BCUT2D eigenvalue weighted by Gasteiger charge is -1.70. The minimum absolute atomic E-state index is 0.802. The van der Waals surface area contributed by atoms with Gasteiger partial charge in [0.2, 0.25) is 0 Å². The maximum Gasteiger partial charge on any atom is 0.0584 e. The van der Waals surface area contributed by atoms with Crippen molar-refractivity contribution in [2.45, 2.75) is 19.8 Å². The Morgan fingerprint density at radius 2 is 2.33 bits per heavy atom. The highest BCUT2D eigenvalue weighted by Crippen LogP contribution is 1.78. The van der Waals surface area contributed by atoms with Crippen LogP contribution in [0.25, 0.3) is 0 Å². The van der Waals surface area contributed by atoms with Gasteiger partial charge in [0, 0.05) is 6.42 Å². The third-order valence-corrected chi connectivity index (χ3v) is 0.454. The molecule has 0 aromatic rings. The Morgan fingerprint density at radius 3 is 2.50 bits per heavy atom. The van der Waals surface area contributed by atoms with E-state index in [9.17, 15) is 0 Å². The Kier molecular flexibility index (Phi) is 3.89. The predicted octanol–water partition coefficient (Wildman–Crippen LogP) is 0.816. The molecule has 0 amide bonds. The predicted molar refractivity (Wildman–Crippen MR) is 24.8 cm³/mol. The maximum absolute atomic E-state index is 7.84. The molecule has 0 heterocycles. The Hall–Kier alpha value is -0.640. The van der Waals surface area contributed by atoms with Crippen molar-refractivity contribution in [3.63, 3.8) is 0 Å². The summed E-state index contributed by atoms with van der Waals surface area (Å²) in [6, 6.07) is 1.82. The third-order valence-electron chi connectivity index (χ3n) is 0.454. The molecular formula is C5H7N. The van der Waals surface area contributed by atoms with E-state index in [-0.39, 0.29) is 0 Å². The van der Waals surface area contributed by atoms with Crippen LogP contribution in [0.15, 0.2) is 0 Å². The van der Waals surface area contributed by atoms with Gasteiger partial charge >= 0.3 is 0 Å². The molecule has 2 radical (unpaired) electrons. The van der Waals surface area contributed by atoms with E-state index in [1.54, 1.807) is 0 Å². The molecule has 0 aliphatic carbocycles. The smallest absolute Gasteiger partial charge is 0.0584 e. The minimum atomic E-state index is 0.802. The molecular weight excluding hydrogens is 74.1 g/mol. The van der Waals surface area contributed by atoms with Gasteiger partial charge in [-0.2, -0.15) is 0 Å². The van der Waals surface area contributed by atoms with E-state index in [0.29, 0.717) is 0 Å². The monoisotopic (exact) mass is 81.1 g/mol. The summed E-state index contributed by atoms with van der Waals surface area (Å²) in [7, 11) is 0. The van der Waals surface area contributed by atoms with Gasteiger partial charge in [0.25, 0.3) is 0 Å². The lowest BCUT2D eigenvalue weighted by molar-refractivity contribution is 0.982. The van der Waals surface area contributed by atoms with Crippen LogP contribution in [0.1, 0.15) is 19.8 Å². The fraction of sp³-hybridized carbons (Fsp3) is 0.600. The number of nitrogens with zero attached hydrogens (tertiary/aromatic N) is 1. The second-order valence-electron chi connectivity index (χ2n) is 1.04. The van der Waals surface area contributed by atoms with Crippen molar-refractivity contribution in [2.75, 3.05) is 0 Å². The molecule has 0 rings (SSSR count). The molecule has 0 aromatic carbocycles. The SMILES string of the molecule is CCCC#C[N]. The molecule has 0 fully saturated rings. The molecule has 0 spiro atoms.